The summed E-state index contributed by atoms with van der Waals surface area (Å²) < 4.78 is 0. The van der Waals surface area contributed by atoms with Gasteiger partial charge in [-0.05, 0) is 42.7 Å². The van der Waals surface area contributed by atoms with E-state index in [1.54, 1.807) is 4.90 Å². The average molecular weight is 291 g/mol. The fourth-order valence-electron chi connectivity index (χ4n) is 2.74. The molecule has 3 rings (SSSR count). The molecule has 1 amide bonds. The van der Waals surface area contributed by atoms with Crippen molar-refractivity contribution < 1.29 is 4.79 Å². The van der Waals surface area contributed by atoms with E-state index in [1.807, 2.05) is 56.3 Å². The van der Waals surface area contributed by atoms with Gasteiger partial charge in [-0.1, -0.05) is 30.3 Å². The molecule has 1 atom stereocenters. The van der Waals surface area contributed by atoms with Crippen LogP contribution in [-0.2, 0) is 4.79 Å². The summed E-state index contributed by atoms with van der Waals surface area (Å²) in [6.45, 7) is 4.10. The molecule has 1 heterocycles. The standard InChI is InChI=1S/C18H17N3O/c1-12-10-15-16(11-13(12)2)21(9-8-19)18(22)17(20-15)14-6-4-3-5-7-14/h3-7,10-11,17,20H,9H2,1-2H3. The number of carbonyl (C=O) groups excluding carboxylic acids is 1. The van der Waals surface area contributed by atoms with E-state index < -0.39 is 6.04 Å². The molecule has 1 aliphatic rings. The van der Waals surface area contributed by atoms with Crippen molar-refractivity contribution >= 4 is 17.3 Å². The lowest BCUT2D eigenvalue weighted by molar-refractivity contribution is -0.119. The summed E-state index contributed by atoms with van der Waals surface area (Å²) in [5, 5.41) is 12.4. The van der Waals surface area contributed by atoms with Gasteiger partial charge < -0.3 is 5.32 Å². The van der Waals surface area contributed by atoms with Gasteiger partial charge in [-0.25, -0.2) is 0 Å². The Balaban J connectivity index is 2.10. The first-order valence-corrected chi connectivity index (χ1v) is 7.23. The Labute approximate surface area is 130 Å². The molecule has 2 aromatic rings. The van der Waals surface area contributed by atoms with Gasteiger partial charge in [-0.15, -0.1) is 0 Å². The van der Waals surface area contributed by atoms with Gasteiger partial charge in [0.15, 0.2) is 0 Å². The average Bonchev–Trinajstić information content (AvgIpc) is 2.53. The highest BCUT2D eigenvalue weighted by molar-refractivity contribution is 6.05. The number of amides is 1. The maximum atomic E-state index is 12.8. The first-order chi connectivity index (χ1) is 10.6. The second-order valence-corrected chi connectivity index (χ2v) is 5.52. The Kier molecular flexibility index (Phi) is 3.56. The van der Waals surface area contributed by atoms with Crippen molar-refractivity contribution in [2.24, 2.45) is 0 Å². The number of rotatable bonds is 2. The molecule has 0 aromatic heterocycles. The fraction of sp³-hybridized carbons (Fsp3) is 0.222. The molecule has 1 unspecified atom stereocenters. The largest absolute Gasteiger partial charge is 0.368 e. The van der Waals surface area contributed by atoms with E-state index in [2.05, 4.69) is 11.4 Å². The van der Waals surface area contributed by atoms with Gasteiger partial charge in [-0.3, -0.25) is 9.69 Å². The minimum atomic E-state index is -0.454. The third-order valence-electron chi connectivity index (χ3n) is 4.08. The van der Waals surface area contributed by atoms with Crippen LogP contribution in [0.15, 0.2) is 42.5 Å². The monoisotopic (exact) mass is 291 g/mol. The highest BCUT2D eigenvalue weighted by Gasteiger charge is 2.33. The van der Waals surface area contributed by atoms with Crippen LogP contribution in [0.5, 0.6) is 0 Å². The van der Waals surface area contributed by atoms with Crippen molar-refractivity contribution in [3.63, 3.8) is 0 Å². The summed E-state index contributed by atoms with van der Waals surface area (Å²) in [4.78, 5) is 14.4. The highest BCUT2D eigenvalue weighted by Crippen LogP contribution is 2.38. The number of nitriles is 1. The van der Waals surface area contributed by atoms with E-state index in [4.69, 9.17) is 5.26 Å². The maximum absolute atomic E-state index is 12.8. The molecule has 22 heavy (non-hydrogen) atoms. The molecule has 0 aliphatic carbocycles. The van der Waals surface area contributed by atoms with Crippen molar-refractivity contribution in [3.8, 4) is 6.07 Å². The number of benzene rings is 2. The molecule has 1 aliphatic heterocycles. The second-order valence-electron chi connectivity index (χ2n) is 5.52. The SMILES string of the molecule is Cc1cc2c(cc1C)N(CC#N)C(=O)C(c1ccccc1)N2. The van der Waals surface area contributed by atoms with Crippen molar-refractivity contribution in [2.45, 2.75) is 19.9 Å². The Bertz CT molecular complexity index is 762. The molecule has 110 valence electrons. The lowest BCUT2D eigenvalue weighted by Crippen LogP contribution is -2.42. The van der Waals surface area contributed by atoms with E-state index in [9.17, 15) is 4.79 Å². The van der Waals surface area contributed by atoms with Crippen LogP contribution in [-0.4, -0.2) is 12.5 Å². The number of anilines is 2. The number of aryl methyl sites for hydroxylation is 2. The fourth-order valence-corrected chi connectivity index (χ4v) is 2.74. The van der Waals surface area contributed by atoms with Gasteiger partial charge in [0.25, 0.3) is 5.91 Å². The van der Waals surface area contributed by atoms with E-state index in [-0.39, 0.29) is 12.5 Å². The summed E-state index contributed by atoms with van der Waals surface area (Å²) in [5.41, 5.74) is 4.84. The predicted octanol–water partition coefficient (Wildman–Crippen LogP) is 3.33. The van der Waals surface area contributed by atoms with Gasteiger partial charge in [0, 0.05) is 0 Å². The van der Waals surface area contributed by atoms with E-state index >= 15 is 0 Å². The number of fused-ring (bicyclic) bond motifs is 1. The predicted molar refractivity (Wildman–Crippen MR) is 86.7 cm³/mol. The second kappa shape index (κ2) is 5.53. The number of carbonyl (C=O) groups is 1. The molecule has 1 N–H and O–H groups in total. The Hall–Kier alpha value is -2.80. The van der Waals surface area contributed by atoms with E-state index in [1.165, 1.54) is 0 Å². The van der Waals surface area contributed by atoms with Crippen LogP contribution in [0.3, 0.4) is 0 Å². The van der Waals surface area contributed by atoms with Crippen molar-refractivity contribution in [2.75, 3.05) is 16.8 Å². The zero-order chi connectivity index (χ0) is 15.7. The van der Waals surface area contributed by atoms with Crippen LogP contribution in [0.4, 0.5) is 11.4 Å². The maximum Gasteiger partial charge on any atom is 0.255 e. The summed E-state index contributed by atoms with van der Waals surface area (Å²) in [5.74, 6) is -0.0940. The van der Waals surface area contributed by atoms with Crippen LogP contribution >= 0.6 is 0 Å². The highest BCUT2D eigenvalue weighted by atomic mass is 16.2. The molecular weight excluding hydrogens is 274 g/mol. The molecule has 0 saturated carbocycles. The zero-order valence-corrected chi connectivity index (χ0v) is 12.6. The van der Waals surface area contributed by atoms with Gasteiger partial charge in [-0.2, -0.15) is 5.26 Å². The number of nitrogens with zero attached hydrogens (tertiary/aromatic N) is 2. The van der Waals surface area contributed by atoms with Crippen LogP contribution in [0, 0.1) is 25.2 Å². The molecule has 0 fully saturated rings. The molecule has 0 spiro atoms. The van der Waals surface area contributed by atoms with Crippen LogP contribution in [0.2, 0.25) is 0 Å². The lowest BCUT2D eigenvalue weighted by Gasteiger charge is -2.35. The number of hydrogen-bond acceptors (Lipinski definition) is 3. The third-order valence-corrected chi connectivity index (χ3v) is 4.08. The zero-order valence-electron chi connectivity index (χ0n) is 12.6. The van der Waals surface area contributed by atoms with Gasteiger partial charge in [0.05, 0.1) is 17.4 Å². The first kappa shape index (κ1) is 14.2. The molecule has 2 aromatic carbocycles. The minimum Gasteiger partial charge on any atom is -0.368 e. The molecule has 0 saturated heterocycles. The Morgan fingerprint density at radius 3 is 2.55 bits per heavy atom. The minimum absolute atomic E-state index is 0.0549. The van der Waals surface area contributed by atoms with E-state index in [0.717, 1.165) is 28.1 Å². The Morgan fingerprint density at radius 2 is 1.86 bits per heavy atom. The quantitative estimate of drug-likeness (QED) is 0.863. The van der Waals surface area contributed by atoms with Gasteiger partial charge >= 0.3 is 0 Å². The summed E-state index contributed by atoms with van der Waals surface area (Å²) in [6, 6.07) is 15.2. The van der Waals surface area contributed by atoms with Crippen molar-refractivity contribution in [3.05, 3.63) is 59.2 Å². The molecule has 0 radical (unpaired) electrons. The molecule has 0 bridgehead atoms. The smallest absolute Gasteiger partial charge is 0.255 e. The first-order valence-electron chi connectivity index (χ1n) is 7.23. The van der Waals surface area contributed by atoms with E-state index in [0.29, 0.717) is 0 Å². The van der Waals surface area contributed by atoms with Crippen LogP contribution < -0.4 is 10.2 Å². The summed E-state index contributed by atoms with van der Waals surface area (Å²) in [7, 11) is 0. The van der Waals surface area contributed by atoms with Crippen molar-refractivity contribution in [1.29, 1.82) is 5.26 Å². The third kappa shape index (κ3) is 2.31. The summed E-state index contributed by atoms with van der Waals surface area (Å²) in [6.07, 6.45) is 0. The summed E-state index contributed by atoms with van der Waals surface area (Å²) >= 11 is 0. The normalized spacial score (nSPS) is 16.7. The molecule has 4 heteroatoms. The van der Waals surface area contributed by atoms with Crippen LogP contribution in [0.25, 0.3) is 0 Å². The number of nitrogens with one attached hydrogen (secondary N) is 1. The molecular formula is C18H17N3O. The molecule has 4 nitrogen and oxygen atoms in total. The number of hydrogen-bond donors (Lipinski definition) is 1. The topological polar surface area (TPSA) is 56.1 Å². The van der Waals surface area contributed by atoms with Crippen LogP contribution in [0.1, 0.15) is 22.7 Å². The van der Waals surface area contributed by atoms with Crippen molar-refractivity contribution in [1.82, 2.24) is 0 Å². The Morgan fingerprint density at radius 1 is 1.18 bits per heavy atom. The van der Waals surface area contributed by atoms with Gasteiger partial charge in [0.2, 0.25) is 0 Å². The van der Waals surface area contributed by atoms with Gasteiger partial charge in [0.1, 0.15) is 12.6 Å². The lowest BCUT2D eigenvalue weighted by atomic mass is 9.99.